The lowest BCUT2D eigenvalue weighted by molar-refractivity contribution is -0.121. The molecule has 0 saturated carbocycles. The third-order valence-corrected chi connectivity index (χ3v) is 5.31. The Hall–Kier alpha value is -2.58. The second-order valence-corrected chi connectivity index (χ2v) is 7.25. The van der Waals surface area contributed by atoms with Crippen LogP contribution in [0.15, 0.2) is 42.6 Å². The third kappa shape index (κ3) is 5.21. The molecule has 6 heteroatoms. The Morgan fingerprint density at radius 1 is 1.33 bits per heavy atom. The highest BCUT2D eigenvalue weighted by molar-refractivity contribution is 6.31. The number of hydrogen-bond acceptors (Lipinski definition) is 4. The maximum atomic E-state index is 12.2. The van der Waals surface area contributed by atoms with Crippen LogP contribution in [0.5, 0.6) is 0 Å². The highest BCUT2D eigenvalue weighted by Gasteiger charge is 2.23. The lowest BCUT2D eigenvalue weighted by Crippen LogP contribution is -2.37. The van der Waals surface area contributed by atoms with E-state index in [4.69, 9.17) is 11.6 Å². The van der Waals surface area contributed by atoms with Gasteiger partial charge in [0.25, 0.3) is 0 Å². The van der Waals surface area contributed by atoms with Gasteiger partial charge in [-0.1, -0.05) is 29.8 Å². The number of piperidine rings is 1. The molecule has 1 N–H and O–H groups in total. The Morgan fingerprint density at radius 2 is 2.19 bits per heavy atom. The van der Waals surface area contributed by atoms with Crippen LogP contribution < -0.4 is 10.2 Å². The van der Waals surface area contributed by atoms with Gasteiger partial charge in [0, 0.05) is 37.3 Å². The molecular weight excluding hydrogens is 360 g/mol. The number of amides is 1. The molecule has 0 spiro atoms. The predicted molar refractivity (Wildman–Crippen MR) is 106 cm³/mol. The van der Waals surface area contributed by atoms with Gasteiger partial charge in [-0.15, -0.1) is 0 Å². The molecule has 0 radical (unpaired) electrons. The minimum absolute atomic E-state index is 0.0441. The summed E-state index contributed by atoms with van der Waals surface area (Å²) in [5, 5.41) is 12.9. The fourth-order valence-corrected chi connectivity index (χ4v) is 3.69. The second kappa shape index (κ2) is 9.38. The number of anilines is 1. The Bertz CT molecular complexity index is 833. The van der Waals surface area contributed by atoms with Gasteiger partial charge < -0.3 is 10.2 Å². The summed E-state index contributed by atoms with van der Waals surface area (Å²) in [5.41, 5.74) is 1.53. The third-order valence-electron chi connectivity index (χ3n) is 4.94. The normalized spacial score (nSPS) is 16.6. The lowest BCUT2D eigenvalue weighted by atomic mass is 9.93. The zero-order valence-electron chi connectivity index (χ0n) is 15.2. The van der Waals surface area contributed by atoms with Gasteiger partial charge in [0.2, 0.25) is 5.91 Å². The molecule has 2 aromatic rings. The maximum absolute atomic E-state index is 12.2. The number of carbonyl (C=O) groups excluding carboxylic acids is 1. The fraction of sp³-hybridized carbons (Fsp3) is 0.381. The number of benzene rings is 1. The van der Waals surface area contributed by atoms with Gasteiger partial charge in [-0.3, -0.25) is 4.79 Å². The monoisotopic (exact) mass is 382 g/mol. The molecule has 1 aliphatic rings. The topological polar surface area (TPSA) is 69.0 Å². The highest BCUT2D eigenvalue weighted by Crippen LogP contribution is 2.26. The van der Waals surface area contributed by atoms with Crippen LogP contribution in [0, 0.1) is 17.2 Å². The molecule has 1 aromatic heterocycles. The van der Waals surface area contributed by atoms with E-state index in [0.717, 1.165) is 43.7 Å². The van der Waals surface area contributed by atoms with Gasteiger partial charge in [-0.25, -0.2) is 4.98 Å². The molecule has 1 atom stereocenters. The van der Waals surface area contributed by atoms with E-state index in [1.165, 1.54) is 0 Å². The van der Waals surface area contributed by atoms with Crippen LogP contribution in [-0.4, -0.2) is 24.0 Å². The Balaban J connectivity index is 1.49. The summed E-state index contributed by atoms with van der Waals surface area (Å²) in [7, 11) is 0. The zero-order chi connectivity index (χ0) is 19.1. The van der Waals surface area contributed by atoms with Crippen LogP contribution in [0.1, 0.15) is 36.8 Å². The van der Waals surface area contributed by atoms with Gasteiger partial charge in [-0.05, 0) is 48.9 Å². The van der Waals surface area contributed by atoms with E-state index in [2.05, 4.69) is 21.3 Å². The summed E-state index contributed by atoms with van der Waals surface area (Å²) in [6, 6.07) is 13.3. The lowest BCUT2D eigenvalue weighted by Gasteiger charge is -2.34. The SMILES string of the molecule is N#Cc1cccnc1N1CCCC(CCC(=O)NCc2ccccc2Cl)C1. The first-order valence-electron chi connectivity index (χ1n) is 9.27. The average molecular weight is 383 g/mol. The minimum atomic E-state index is 0.0441. The van der Waals surface area contributed by atoms with Gasteiger partial charge in [0.15, 0.2) is 0 Å². The van der Waals surface area contributed by atoms with E-state index in [1.807, 2.05) is 24.3 Å². The molecule has 1 aliphatic heterocycles. The van der Waals surface area contributed by atoms with Crippen LogP contribution in [0.3, 0.4) is 0 Å². The molecule has 0 aliphatic carbocycles. The summed E-state index contributed by atoms with van der Waals surface area (Å²) >= 11 is 6.12. The minimum Gasteiger partial charge on any atom is -0.355 e. The summed E-state index contributed by atoms with van der Waals surface area (Å²) in [6.07, 6.45) is 5.20. The number of pyridine rings is 1. The molecule has 1 fully saturated rings. The predicted octanol–water partition coefficient (Wildman–Crippen LogP) is 3.92. The van der Waals surface area contributed by atoms with Crippen LogP contribution in [0.4, 0.5) is 5.82 Å². The number of aromatic nitrogens is 1. The molecule has 140 valence electrons. The van der Waals surface area contributed by atoms with E-state index >= 15 is 0 Å². The van der Waals surface area contributed by atoms with E-state index in [-0.39, 0.29) is 5.91 Å². The largest absolute Gasteiger partial charge is 0.355 e. The summed E-state index contributed by atoms with van der Waals surface area (Å²) < 4.78 is 0. The first-order chi connectivity index (χ1) is 13.2. The molecule has 3 rings (SSSR count). The Kier molecular flexibility index (Phi) is 6.67. The van der Waals surface area contributed by atoms with Crippen molar-refractivity contribution in [3.63, 3.8) is 0 Å². The highest BCUT2D eigenvalue weighted by atomic mass is 35.5. The van der Waals surface area contributed by atoms with Gasteiger partial charge in [0.05, 0.1) is 5.56 Å². The van der Waals surface area contributed by atoms with Crippen molar-refractivity contribution in [2.24, 2.45) is 5.92 Å². The fourth-order valence-electron chi connectivity index (χ4n) is 3.49. The number of nitrogens with zero attached hydrogens (tertiary/aromatic N) is 3. The van der Waals surface area contributed by atoms with Gasteiger partial charge in [0.1, 0.15) is 11.9 Å². The van der Waals surface area contributed by atoms with Gasteiger partial charge in [-0.2, -0.15) is 5.26 Å². The number of hydrogen-bond donors (Lipinski definition) is 1. The number of nitrogens with one attached hydrogen (secondary N) is 1. The van der Waals surface area contributed by atoms with E-state index < -0.39 is 0 Å². The van der Waals surface area contributed by atoms with Crippen molar-refractivity contribution < 1.29 is 4.79 Å². The van der Waals surface area contributed by atoms with Crippen LogP contribution in [0.25, 0.3) is 0 Å². The number of nitriles is 1. The Morgan fingerprint density at radius 3 is 3.00 bits per heavy atom. The van der Waals surface area contributed by atoms with Crippen LogP contribution in [-0.2, 0) is 11.3 Å². The number of rotatable bonds is 6. The first-order valence-corrected chi connectivity index (χ1v) is 9.65. The zero-order valence-corrected chi connectivity index (χ0v) is 16.0. The van der Waals surface area contributed by atoms with Crippen molar-refractivity contribution in [2.45, 2.75) is 32.2 Å². The second-order valence-electron chi connectivity index (χ2n) is 6.85. The molecule has 1 saturated heterocycles. The van der Waals surface area contributed by atoms with Crippen molar-refractivity contribution in [3.8, 4) is 6.07 Å². The van der Waals surface area contributed by atoms with Crippen LogP contribution >= 0.6 is 11.6 Å². The van der Waals surface area contributed by atoms with E-state index in [0.29, 0.717) is 29.5 Å². The molecule has 1 amide bonds. The smallest absolute Gasteiger partial charge is 0.220 e. The first kappa shape index (κ1) is 19.2. The molecule has 5 nitrogen and oxygen atoms in total. The molecule has 27 heavy (non-hydrogen) atoms. The van der Waals surface area contributed by atoms with Gasteiger partial charge >= 0.3 is 0 Å². The van der Waals surface area contributed by atoms with Crippen molar-refractivity contribution in [1.82, 2.24) is 10.3 Å². The van der Waals surface area contributed by atoms with Crippen molar-refractivity contribution in [3.05, 3.63) is 58.7 Å². The molecule has 1 unspecified atom stereocenters. The summed E-state index contributed by atoms with van der Waals surface area (Å²) in [5.74, 6) is 1.23. The number of carbonyl (C=O) groups is 1. The maximum Gasteiger partial charge on any atom is 0.220 e. The molecule has 2 heterocycles. The quantitative estimate of drug-likeness (QED) is 0.822. The van der Waals surface area contributed by atoms with Crippen molar-refractivity contribution in [1.29, 1.82) is 5.26 Å². The standard InChI is InChI=1S/C21H23ClN4O/c22-19-8-2-1-6-18(19)14-25-20(27)10-9-16-5-4-12-26(15-16)21-17(13-23)7-3-11-24-21/h1-3,6-8,11,16H,4-5,9-10,12,14-15H2,(H,25,27). The van der Waals surface area contributed by atoms with E-state index in [1.54, 1.807) is 18.3 Å². The van der Waals surface area contributed by atoms with E-state index in [9.17, 15) is 10.1 Å². The molecular formula is C21H23ClN4O. The van der Waals surface area contributed by atoms with Crippen LogP contribution in [0.2, 0.25) is 5.02 Å². The number of halogens is 1. The summed E-state index contributed by atoms with van der Waals surface area (Å²) in [4.78, 5) is 18.8. The van der Waals surface area contributed by atoms with Crippen molar-refractivity contribution >= 4 is 23.3 Å². The molecule has 1 aromatic carbocycles. The summed E-state index contributed by atoms with van der Waals surface area (Å²) in [6.45, 7) is 2.19. The van der Waals surface area contributed by atoms with Crippen molar-refractivity contribution in [2.75, 3.05) is 18.0 Å². The average Bonchev–Trinajstić information content (AvgIpc) is 2.72. The Labute approximate surface area is 165 Å². The molecule has 0 bridgehead atoms.